The van der Waals surface area contributed by atoms with E-state index in [1.807, 2.05) is 0 Å². The van der Waals surface area contributed by atoms with Gasteiger partial charge in [0.1, 0.15) is 18.1 Å². The molecule has 7 nitrogen and oxygen atoms in total. The maximum atomic E-state index is 13.6. The lowest BCUT2D eigenvalue weighted by Gasteiger charge is -2.28. The average molecular weight is 346 g/mol. The Morgan fingerprint density at radius 2 is 2.08 bits per heavy atom. The summed E-state index contributed by atoms with van der Waals surface area (Å²) in [5.74, 6) is -1.53. The molecule has 1 aromatic heterocycles. The highest BCUT2D eigenvalue weighted by Gasteiger charge is 2.42. The van der Waals surface area contributed by atoms with Crippen LogP contribution in [0.25, 0.3) is 0 Å². The van der Waals surface area contributed by atoms with Gasteiger partial charge in [0.2, 0.25) is 5.91 Å². The molecule has 1 aliphatic rings. The normalized spacial score (nSPS) is 15.9. The van der Waals surface area contributed by atoms with E-state index >= 15 is 0 Å². The summed E-state index contributed by atoms with van der Waals surface area (Å²) in [6.45, 7) is -0.135. The number of carboxylic acid groups (broad SMARTS) is 1. The monoisotopic (exact) mass is 346 g/mol. The minimum Gasteiger partial charge on any atom is -0.480 e. The molecule has 25 heavy (non-hydrogen) atoms. The largest absolute Gasteiger partial charge is 0.480 e. The van der Waals surface area contributed by atoms with Crippen molar-refractivity contribution in [2.75, 3.05) is 0 Å². The number of benzene rings is 1. The van der Waals surface area contributed by atoms with E-state index in [0.29, 0.717) is 24.1 Å². The number of carbonyl (C=O) groups excluding carboxylic acids is 1. The van der Waals surface area contributed by atoms with Crippen molar-refractivity contribution in [3.63, 3.8) is 0 Å². The Morgan fingerprint density at radius 1 is 1.32 bits per heavy atom. The third kappa shape index (κ3) is 3.67. The van der Waals surface area contributed by atoms with Gasteiger partial charge in [-0.05, 0) is 30.5 Å². The fourth-order valence-electron chi connectivity index (χ4n) is 3.39. The Bertz CT molecular complexity index is 784. The SMILES string of the molecule is O=C(O)Cn1cc(CNC(=O)C2(c3cccc(F)c3)CCCC2)nn1. The fourth-order valence-corrected chi connectivity index (χ4v) is 3.39. The number of aliphatic carboxylic acids is 1. The number of hydrogen-bond donors (Lipinski definition) is 2. The van der Waals surface area contributed by atoms with Gasteiger partial charge in [0.25, 0.3) is 0 Å². The predicted molar refractivity (Wildman–Crippen MR) is 86.1 cm³/mol. The van der Waals surface area contributed by atoms with Gasteiger partial charge in [-0.2, -0.15) is 0 Å². The molecular weight excluding hydrogens is 327 g/mol. The lowest BCUT2D eigenvalue weighted by molar-refractivity contribution is -0.138. The van der Waals surface area contributed by atoms with Crippen LogP contribution in [-0.2, 0) is 28.1 Å². The van der Waals surface area contributed by atoms with Crippen LogP contribution in [0.2, 0.25) is 0 Å². The van der Waals surface area contributed by atoms with E-state index < -0.39 is 11.4 Å². The maximum Gasteiger partial charge on any atom is 0.325 e. The number of carbonyl (C=O) groups is 2. The molecule has 0 aliphatic heterocycles. The van der Waals surface area contributed by atoms with E-state index in [2.05, 4.69) is 15.6 Å². The van der Waals surface area contributed by atoms with Gasteiger partial charge in [-0.3, -0.25) is 9.59 Å². The summed E-state index contributed by atoms with van der Waals surface area (Å²) in [4.78, 5) is 23.5. The molecule has 0 bridgehead atoms. The highest BCUT2D eigenvalue weighted by Crippen LogP contribution is 2.41. The smallest absolute Gasteiger partial charge is 0.325 e. The van der Waals surface area contributed by atoms with Crippen molar-refractivity contribution in [1.82, 2.24) is 20.3 Å². The highest BCUT2D eigenvalue weighted by atomic mass is 19.1. The molecule has 1 heterocycles. The molecule has 0 unspecified atom stereocenters. The second kappa shape index (κ2) is 7.00. The first-order chi connectivity index (χ1) is 12.0. The van der Waals surface area contributed by atoms with E-state index in [0.717, 1.165) is 12.8 Å². The molecule has 0 spiro atoms. The highest BCUT2D eigenvalue weighted by molar-refractivity contribution is 5.88. The minimum atomic E-state index is -1.02. The molecule has 1 aliphatic carbocycles. The summed E-state index contributed by atoms with van der Waals surface area (Å²) in [6.07, 6.45) is 4.66. The molecule has 8 heteroatoms. The van der Waals surface area contributed by atoms with Gasteiger partial charge in [-0.1, -0.05) is 30.2 Å². The van der Waals surface area contributed by atoms with Crippen molar-refractivity contribution >= 4 is 11.9 Å². The van der Waals surface area contributed by atoms with Crippen LogP contribution >= 0.6 is 0 Å². The van der Waals surface area contributed by atoms with Crippen LogP contribution in [0, 0.1) is 5.82 Å². The van der Waals surface area contributed by atoms with E-state index in [1.165, 1.54) is 23.0 Å². The van der Waals surface area contributed by atoms with Gasteiger partial charge in [0, 0.05) is 0 Å². The third-order valence-corrected chi connectivity index (χ3v) is 4.58. The molecular formula is C17H19FN4O3. The van der Waals surface area contributed by atoms with Crippen LogP contribution in [0.15, 0.2) is 30.5 Å². The van der Waals surface area contributed by atoms with Gasteiger partial charge in [-0.25, -0.2) is 9.07 Å². The second-order valence-electron chi connectivity index (χ2n) is 6.28. The number of nitrogens with zero attached hydrogens (tertiary/aromatic N) is 3. The Labute approximate surface area is 143 Å². The number of amides is 1. The van der Waals surface area contributed by atoms with Crippen LogP contribution in [0.1, 0.15) is 36.9 Å². The second-order valence-corrected chi connectivity index (χ2v) is 6.28. The number of aromatic nitrogens is 3. The third-order valence-electron chi connectivity index (χ3n) is 4.58. The van der Waals surface area contributed by atoms with Gasteiger partial charge < -0.3 is 10.4 Å². The first-order valence-electron chi connectivity index (χ1n) is 8.15. The maximum absolute atomic E-state index is 13.6. The summed E-state index contributed by atoms with van der Waals surface area (Å²) >= 11 is 0. The van der Waals surface area contributed by atoms with E-state index in [-0.39, 0.29) is 24.8 Å². The zero-order valence-corrected chi connectivity index (χ0v) is 13.6. The standard InChI is InChI=1S/C17H19FN4O3/c18-13-5-3-4-12(8-13)17(6-1-2-7-17)16(25)19-9-14-10-22(21-20-14)11-15(23)24/h3-5,8,10H,1-2,6-7,9,11H2,(H,19,25)(H,23,24). The zero-order chi connectivity index (χ0) is 17.9. The molecule has 2 aromatic rings. The van der Waals surface area contributed by atoms with Crippen LogP contribution in [0.3, 0.4) is 0 Å². The Balaban J connectivity index is 1.72. The van der Waals surface area contributed by atoms with Crippen LogP contribution in [-0.4, -0.2) is 32.0 Å². The van der Waals surface area contributed by atoms with Crippen molar-refractivity contribution in [2.45, 2.75) is 44.2 Å². The van der Waals surface area contributed by atoms with Gasteiger partial charge in [0.05, 0.1) is 18.2 Å². The minimum absolute atomic E-state index is 0.148. The molecule has 0 atom stereocenters. The number of halogens is 1. The molecule has 2 N–H and O–H groups in total. The summed E-state index contributed by atoms with van der Waals surface area (Å²) in [7, 11) is 0. The molecule has 1 fully saturated rings. The van der Waals surface area contributed by atoms with Crippen molar-refractivity contribution in [3.8, 4) is 0 Å². The topological polar surface area (TPSA) is 97.1 Å². The molecule has 132 valence electrons. The summed E-state index contributed by atoms with van der Waals surface area (Å²) in [5.41, 5.74) is 0.443. The van der Waals surface area contributed by atoms with E-state index in [1.54, 1.807) is 12.1 Å². The van der Waals surface area contributed by atoms with Crippen molar-refractivity contribution < 1.29 is 19.1 Å². The van der Waals surface area contributed by atoms with Crippen molar-refractivity contribution in [1.29, 1.82) is 0 Å². The number of nitrogens with one attached hydrogen (secondary N) is 1. The van der Waals surface area contributed by atoms with Crippen LogP contribution in [0.4, 0.5) is 4.39 Å². The quantitative estimate of drug-likeness (QED) is 0.829. The first-order valence-corrected chi connectivity index (χ1v) is 8.15. The van der Waals surface area contributed by atoms with Crippen molar-refractivity contribution in [2.24, 2.45) is 0 Å². The lowest BCUT2D eigenvalue weighted by Crippen LogP contribution is -2.42. The van der Waals surface area contributed by atoms with E-state index in [4.69, 9.17) is 5.11 Å². The predicted octanol–water partition coefficient (Wildman–Crippen LogP) is 1.63. The fraction of sp³-hybridized carbons (Fsp3) is 0.412. The van der Waals surface area contributed by atoms with Gasteiger partial charge in [-0.15, -0.1) is 5.10 Å². The lowest BCUT2D eigenvalue weighted by atomic mass is 9.78. The summed E-state index contributed by atoms with van der Waals surface area (Å²) < 4.78 is 14.8. The zero-order valence-electron chi connectivity index (χ0n) is 13.6. The molecule has 1 aromatic carbocycles. The Hall–Kier alpha value is -2.77. The Morgan fingerprint density at radius 3 is 2.76 bits per heavy atom. The van der Waals surface area contributed by atoms with Gasteiger partial charge >= 0.3 is 5.97 Å². The molecule has 1 saturated carbocycles. The summed E-state index contributed by atoms with van der Waals surface area (Å²) in [5, 5.41) is 19.1. The van der Waals surface area contributed by atoms with E-state index in [9.17, 15) is 14.0 Å². The number of carboxylic acids is 1. The van der Waals surface area contributed by atoms with Crippen molar-refractivity contribution in [3.05, 3.63) is 47.5 Å². The molecule has 3 rings (SSSR count). The molecule has 0 saturated heterocycles. The summed E-state index contributed by atoms with van der Waals surface area (Å²) in [6, 6.07) is 6.20. The first kappa shape index (κ1) is 17.1. The Kier molecular flexibility index (Phi) is 4.78. The number of rotatable bonds is 6. The molecule has 0 radical (unpaired) electrons. The number of hydrogen-bond acceptors (Lipinski definition) is 4. The van der Waals surface area contributed by atoms with Crippen LogP contribution in [0.5, 0.6) is 0 Å². The van der Waals surface area contributed by atoms with Crippen LogP contribution < -0.4 is 5.32 Å². The molecule has 1 amide bonds. The average Bonchev–Trinajstić information content (AvgIpc) is 3.22. The van der Waals surface area contributed by atoms with Gasteiger partial charge in [0.15, 0.2) is 0 Å².